The van der Waals surface area contributed by atoms with E-state index >= 15 is 0 Å². The van der Waals surface area contributed by atoms with Gasteiger partial charge >= 0.3 is 5.97 Å². The molecule has 0 aliphatic carbocycles. The average Bonchev–Trinajstić information content (AvgIpc) is 2.78. The Hall–Kier alpha value is -1.73. The van der Waals surface area contributed by atoms with Crippen molar-refractivity contribution in [2.45, 2.75) is 6.92 Å². The lowest BCUT2D eigenvalue weighted by atomic mass is 10.2. The number of nitrogens with zero attached hydrogens (tertiary/aromatic N) is 3. The van der Waals surface area contributed by atoms with Gasteiger partial charge in [0.25, 0.3) is 0 Å². The quantitative estimate of drug-likeness (QED) is 0.847. The topological polar surface area (TPSA) is 91.0 Å². The van der Waals surface area contributed by atoms with Crippen LogP contribution in [0.4, 0.5) is 5.69 Å². The standard InChI is InChI=1S/C10H9ClN4O2S/c1-4-14-15-9(18-4)6-3-5(12)7(11)8(13-6)10(16)17-2/h3H,1-2H3,(H2,12,13). The number of methoxy groups -OCH3 is 1. The predicted molar refractivity (Wildman–Crippen MR) is 68.6 cm³/mol. The van der Waals surface area contributed by atoms with Crippen LogP contribution in [0.1, 0.15) is 15.5 Å². The van der Waals surface area contributed by atoms with E-state index in [1.54, 1.807) is 6.07 Å². The van der Waals surface area contributed by atoms with Crippen LogP contribution in [0.15, 0.2) is 6.07 Å². The number of carbonyl (C=O) groups is 1. The van der Waals surface area contributed by atoms with Crippen LogP contribution in [-0.2, 0) is 4.74 Å². The van der Waals surface area contributed by atoms with E-state index in [4.69, 9.17) is 17.3 Å². The molecule has 0 bridgehead atoms. The van der Waals surface area contributed by atoms with Gasteiger partial charge < -0.3 is 10.5 Å². The fraction of sp³-hybridized carbons (Fsp3) is 0.200. The molecule has 0 saturated carbocycles. The number of halogens is 1. The molecule has 6 nitrogen and oxygen atoms in total. The van der Waals surface area contributed by atoms with Gasteiger partial charge in [-0.3, -0.25) is 0 Å². The summed E-state index contributed by atoms with van der Waals surface area (Å²) in [6.07, 6.45) is 0. The molecule has 0 aliphatic heterocycles. The van der Waals surface area contributed by atoms with E-state index in [1.165, 1.54) is 18.4 Å². The molecule has 0 saturated heterocycles. The lowest BCUT2D eigenvalue weighted by Crippen LogP contribution is -2.08. The highest BCUT2D eigenvalue weighted by atomic mass is 35.5. The van der Waals surface area contributed by atoms with Crippen molar-refractivity contribution in [2.75, 3.05) is 12.8 Å². The second kappa shape index (κ2) is 4.87. The number of nitrogen functional groups attached to an aromatic ring is 1. The summed E-state index contributed by atoms with van der Waals surface area (Å²) in [5.74, 6) is -0.644. The highest BCUT2D eigenvalue weighted by Gasteiger charge is 2.18. The van der Waals surface area contributed by atoms with Crippen LogP contribution in [0.25, 0.3) is 10.7 Å². The average molecular weight is 285 g/mol. The number of nitrogens with two attached hydrogens (primary N) is 1. The maximum atomic E-state index is 11.5. The summed E-state index contributed by atoms with van der Waals surface area (Å²) in [5, 5.41) is 9.25. The van der Waals surface area contributed by atoms with Crippen molar-refractivity contribution in [3.8, 4) is 10.7 Å². The summed E-state index contributed by atoms with van der Waals surface area (Å²) in [5.41, 5.74) is 6.40. The third-order valence-corrected chi connectivity index (χ3v) is 3.37. The minimum absolute atomic E-state index is 0.0259. The van der Waals surface area contributed by atoms with Crippen LogP contribution in [0.2, 0.25) is 5.02 Å². The van der Waals surface area contributed by atoms with Gasteiger partial charge in [-0.2, -0.15) is 0 Å². The van der Waals surface area contributed by atoms with E-state index in [2.05, 4.69) is 19.9 Å². The van der Waals surface area contributed by atoms with Crippen LogP contribution in [0, 0.1) is 6.92 Å². The van der Waals surface area contributed by atoms with E-state index < -0.39 is 5.97 Å². The fourth-order valence-electron chi connectivity index (χ4n) is 1.29. The smallest absolute Gasteiger partial charge is 0.358 e. The summed E-state index contributed by atoms with van der Waals surface area (Å²) < 4.78 is 4.59. The van der Waals surface area contributed by atoms with Crippen LogP contribution < -0.4 is 5.73 Å². The summed E-state index contributed by atoms with van der Waals surface area (Å²) >= 11 is 7.26. The molecule has 2 heterocycles. The zero-order chi connectivity index (χ0) is 13.3. The molecule has 8 heteroatoms. The van der Waals surface area contributed by atoms with Gasteiger partial charge in [0.2, 0.25) is 0 Å². The maximum Gasteiger partial charge on any atom is 0.358 e. The van der Waals surface area contributed by atoms with Crippen molar-refractivity contribution in [1.29, 1.82) is 0 Å². The first-order valence-corrected chi connectivity index (χ1v) is 6.07. The van der Waals surface area contributed by atoms with Crippen LogP contribution in [0.3, 0.4) is 0 Å². The summed E-state index contributed by atoms with van der Waals surface area (Å²) in [6.45, 7) is 1.82. The number of ether oxygens (including phenoxy) is 1. The number of hydrogen-bond acceptors (Lipinski definition) is 7. The Bertz CT molecular complexity index is 614. The first kappa shape index (κ1) is 12.7. The van der Waals surface area contributed by atoms with Crippen molar-refractivity contribution in [1.82, 2.24) is 15.2 Å². The lowest BCUT2D eigenvalue weighted by molar-refractivity contribution is 0.0594. The number of esters is 1. The number of aryl methyl sites for hydroxylation is 1. The zero-order valence-corrected chi connectivity index (χ0v) is 11.2. The minimum atomic E-state index is -0.644. The molecule has 0 aromatic carbocycles. The third-order valence-electron chi connectivity index (χ3n) is 2.11. The summed E-state index contributed by atoms with van der Waals surface area (Å²) in [6, 6.07) is 1.55. The van der Waals surface area contributed by atoms with Crippen LogP contribution in [-0.4, -0.2) is 28.3 Å². The molecule has 0 radical (unpaired) electrons. The molecule has 2 aromatic rings. The van der Waals surface area contributed by atoms with E-state index in [1.807, 2.05) is 6.92 Å². The molecular formula is C10H9ClN4O2S. The van der Waals surface area contributed by atoms with Gasteiger partial charge in [0.05, 0.1) is 17.8 Å². The predicted octanol–water partition coefficient (Wildman–Crippen LogP) is 1.93. The Labute approximate surface area is 112 Å². The van der Waals surface area contributed by atoms with Gasteiger partial charge in [-0.15, -0.1) is 10.2 Å². The van der Waals surface area contributed by atoms with Crippen molar-refractivity contribution in [3.63, 3.8) is 0 Å². The van der Waals surface area contributed by atoms with Gasteiger partial charge in [0.15, 0.2) is 10.7 Å². The molecule has 0 aliphatic rings. The number of hydrogen-bond donors (Lipinski definition) is 1. The fourth-order valence-corrected chi connectivity index (χ4v) is 2.12. The minimum Gasteiger partial charge on any atom is -0.464 e. The van der Waals surface area contributed by atoms with Crippen LogP contribution >= 0.6 is 22.9 Å². The Morgan fingerprint density at radius 1 is 1.50 bits per heavy atom. The Morgan fingerprint density at radius 2 is 2.22 bits per heavy atom. The molecule has 0 fully saturated rings. The number of anilines is 1. The van der Waals surface area contributed by atoms with E-state index in [0.717, 1.165) is 5.01 Å². The molecule has 0 amide bonds. The molecule has 0 unspecified atom stereocenters. The molecule has 0 atom stereocenters. The molecule has 2 aromatic heterocycles. The van der Waals surface area contributed by atoms with E-state index in [0.29, 0.717) is 10.7 Å². The van der Waals surface area contributed by atoms with Crippen molar-refractivity contribution >= 4 is 34.6 Å². The molecule has 2 rings (SSSR count). The number of pyridine rings is 1. The Morgan fingerprint density at radius 3 is 2.78 bits per heavy atom. The highest BCUT2D eigenvalue weighted by molar-refractivity contribution is 7.14. The van der Waals surface area contributed by atoms with Crippen molar-refractivity contribution < 1.29 is 9.53 Å². The number of carbonyl (C=O) groups excluding carboxylic acids is 1. The Balaban J connectivity index is 2.57. The van der Waals surface area contributed by atoms with Gasteiger partial charge in [0, 0.05) is 0 Å². The lowest BCUT2D eigenvalue weighted by Gasteiger charge is -2.06. The first-order chi connectivity index (χ1) is 8.52. The molecule has 94 valence electrons. The van der Waals surface area contributed by atoms with E-state index in [-0.39, 0.29) is 16.4 Å². The van der Waals surface area contributed by atoms with Crippen molar-refractivity contribution in [2.24, 2.45) is 0 Å². The summed E-state index contributed by atoms with van der Waals surface area (Å²) in [4.78, 5) is 15.6. The second-order valence-corrected chi connectivity index (χ2v) is 4.94. The molecule has 0 spiro atoms. The molecular weight excluding hydrogens is 276 g/mol. The van der Waals surface area contributed by atoms with Crippen molar-refractivity contribution in [3.05, 3.63) is 21.8 Å². The first-order valence-electron chi connectivity index (χ1n) is 4.87. The zero-order valence-electron chi connectivity index (χ0n) is 9.60. The van der Waals surface area contributed by atoms with Gasteiger partial charge in [-0.1, -0.05) is 22.9 Å². The normalized spacial score (nSPS) is 10.4. The highest BCUT2D eigenvalue weighted by Crippen LogP contribution is 2.29. The summed E-state index contributed by atoms with van der Waals surface area (Å²) in [7, 11) is 1.25. The van der Waals surface area contributed by atoms with Gasteiger partial charge in [0.1, 0.15) is 10.7 Å². The number of rotatable bonds is 2. The SMILES string of the molecule is COC(=O)c1nc(-c2nnc(C)s2)cc(N)c1Cl. The van der Waals surface area contributed by atoms with Gasteiger partial charge in [-0.05, 0) is 13.0 Å². The second-order valence-electron chi connectivity index (χ2n) is 3.38. The number of aromatic nitrogens is 3. The van der Waals surface area contributed by atoms with Crippen LogP contribution in [0.5, 0.6) is 0 Å². The molecule has 18 heavy (non-hydrogen) atoms. The third kappa shape index (κ3) is 2.27. The Kier molecular flexibility index (Phi) is 3.44. The van der Waals surface area contributed by atoms with E-state index in [9.17, 15) is 4.79 Å². The van der Waals surface area contributed by atoms with Gasteiger partial charge in [-0.25, -0.2) is 9.78 Å². The largest absolute Gasteiger partial charge is 0.464 e. The monoisotopic (exact) mass is 284 g/mol. The maximum absolute atomic E-state index is 11.5. The molecule has 2 N–H and O–H groups in total.